The van der Waals surface area contributed by atoms with Gasteiger partial charge in [-0.3, -0.25) is 0 Å². The van der Waals surface area contributed by atoms with Gasteiger partial charge in [-0.2, -0.15) is 0 Å². The molecule has 0 bridgehead atoms. The Morgan fingerprint density at radius 1 is 1.32 bits per heavy atom. The fourth-order valence-corrected chi connectivity index (χ4v) is 2.74. The zero-order chi connectivity index (χ0) is 13.2. The van der Waals surface area contributed by atoms with Crippen molar-refractivity contribution in [1.82, 2.24) is 20.1 Å². The standard InChI is InChI=1S/C13H14BrFN4/c14-10-3-4-11(15)9(6-10)7-16-8-13-18-17-12-2-1-5-19(12)13/h3-4,6,16H,1-2,5,7-8H2. The Balaban J connectivity index is 1.62. The molecule has 2 aromatic rings. The summed E-state index contributed by atoms with van der Waals surface area (Å²) in [6.07, 6.45) is 2.14. The van der Waals surface area contributed by atoms with Crippen LogP contribution in [-0.2, 0) is 26.1 Å². The van der Waals surface area contributed by atoms with Crippen LogP contribution in [0.25, 0.3) is 0 Å². The molecule has 1 aromatic heterocycles. The molecule has 1 aromatic carbocycles. The quantitative estimate of drug-likeness (QED) is 0.939. The SMILES string of the molecule is Fc1ccc(Br)cc1CNCc1nnc2n1CCC2. The maximum atomic E-state index is 13.6. The van der Waals surface area contributed by atoms with Crippen molar-refractivity contribution in [2.24, 2.45) is 0 Å². The molecular weight excluding hydrogens is 311 g/mol. The van der Waals surface area contributed by atoms with E-state index in [0.29, 0.717) is 18.7 Å². The van der Waals surface area contributed by atoms with Gasteiger partial charge in [0.05, 0.1) is 6.54 Å². The van der Waals surface area contributed by atoms with Gasteiger partial charge in [-0.1, -0.05) is 15.9 Å². The van der Waals surface area contributed by atoms with Gasteiger partial charge in [-0.25, -0.2) is 4.39 Å². The molecule has 19 heavy (non-hydrogen) atoms. The minimum atomic E-state index is -0.192. The zero-order valence-electron chi connectivity index (χ0n) is 10.4. The molecule has 1 aliphatic rings. The minimum absolute atomic E-state index is 0.192. The van der Waals surface area contributed by atoms with Gasteiger partial charge in [0, 0.05) is 29.5 Å². The molecule has 0 aliphatic carbocycles. The predicted octanol–water partition coefficient (Wildman–Crippen LogP) is 2.42. The van der Waals surface area contributed by atoms with Crippen LogP contribution in [-0.4, -0.2) is 14.8 Å². The third kappa shape index (κ3) is 2.69. The third-order valence-electron chi connectivity index (χ3n) is 3.29. The van der Waals surface area contributed by atoms with Crippen LogP contribution in [0.3, 0.4) is 0 Å². The molecule has 0 atom stereocenters. The number of rotatable bonds is 4. The van der Waals surface area contributed by atoms with E-state index in [1.807, 2.05) is 0 Å². The maximum absolute atomic E-state index is 13.6. The summed E-state index contributed by atoms with van der Waals surface area (Å²) < 4.78 is 16.6. The summed E-state index contributed by atoms with van der Waals surface area (Å²) in [7, 11) is 0. The van der Waals surface area contributed by atoms with Crippen molar-refractivity contribution in [2.75, 3.05) is 0 Å². The second-order valence-corrected chi connectivity index (χ2v) is 5.54. The van der Waals surface area contributed by atoms with Crippen molar-refractivity contribution in [1.29, 1.82) is 0 Å². The Labute approximate surface area is 119 Å². The summed E-state index contributed by atoms with van der Waals surface area (Å²) in [5, 5.41) is 11.5. The Hall–Kier alpha value is -1.27. The van der Waals surface area contributed by atoms with Crippen molar-refractivity contribution < 1.29 is 4.39 Å². The first-order chi connectivity index (χ1) is 9.24. The lowest BCUT2D eigenvalue weighted by Gasteiger charge is -2.07. The first-order valence-electron chi connectivity index (χ1n) is 6.29. The number of hydrogen-bond donors (Lipinski definition) is 1. The summed E-state index contributed by atoms with van der Waals surface area (Å²) >= 11 is 3.35. The number of benzene rings is 1. The topological polar surface area (TPSA) is 42.7 Å². The van der Waals surface area contributed by atoms with E-state index in [0.717, 1.165) is 35.5 Å². The van der Waals surface area contributed by atoms with Crippen LogP contribution in [0.4, 0.5) is 4.39 Å². The number of fused-ring (bicyclic) bond motifs is 1. The predicted molar refractivity (Wildman–Crippen MR) is 73.0 cm³/mol. The number of halogens is 2. The van der Waals surface area contributed by atoms with E-state index in [-0.39, 0.29) is 5.82 Å². The molecule has 0 unspecified atom stereocenters. The van der Waals surface area contributed by atoms with Gasteiger partial charge in [0.2, 0.25) is 0 Å². The van der Waals surface area contributed by atoms with Gasteiger partial charge in [0.25, 0.3) is 0 Å². The number of nitrogens with one attached hydrogen (secondary N) is 1. The molecule has 1 N–H and O–H groups in total. The van der Waals surface area contributed by atoms with Crippen LogP contribution >= 0.6 is 15.9 Å². The summed E-state index contributed by atoms with van der Waals surface area (Å²) in [6.45, 7) is 2.08. The van der Waals surface area contributed by atoms with Crippen molar-refractivity contribution in [3.63, 3.8) is 0 Å². The second-order valence-electron chi connectivity index (χ2n) is 4.63. The molecule has 2 heterocycles. The first kappa shape index (κ1) is 12.7. The molecule has 0 saturated heterocycles. The zero-order valence-corrected chi connectivity index (χ0v) is 12.0. The lowest BCUT2D eigenvalue weighted by molar-refractivity contribution is 0.570. The first-order valence-corrected chi connectivity index (χ1v) is 7.09. The van der Waals surface area contributed by atoms with Crippen molar-refractivity contribution >= 4 is 15.9 Å². The smallest absolute Gasteiger partial charge is 0.147 e. The fraction of sp³-hybridized carbons (Fsp3) is 0.385. The molecule has 0 fully saturated rings. The lowest BCUT2D eigenvalue weighted by Crippen LogP contribution is -2.17. The molecule has 0 saturated carbocycles. The van der Waals surface area contributed by atoms with Crippen LogP contribution < -0.4 is 5.32 Å². The molecule has 0 amide bonds. The van der Waals surface area contributed by atoms with E-state index < -0.39 is 0 Å². The van der Waals surface area contributed by atoms with Gasteiger partial charge in [0.1, 0.15) is 17.5 Å². The van der Waals surface area contributed by atoms with Crippen LogP contribution in [0.15, 0.2) is 22.7 Å². The molecule has 0 spiro atoms. The normalized spacial score (nSPS) is 13.8. The van der Waals surface area contributed by atoms with E-state index in [1.54, 1.807) is 12.1 Å². The summed E-state index contributed by atoms with van der Waals surface area (Å²) in [5.74, 6) is 1.80. The number of aryl methyl sites for hydroxylation is 1. The van der Waals surface area contributed by atoms with Gasteiger partial charge in [-0.15, -0.1) is 10.2 Å². The van der Waals surface area contributed by atoms with Crippen LogP contribution in [0, 0.1) is 5.82 Å². The molecule has 4 nitrogen and oxygen atoms in total. The molecule has 6 heteroatoms. The van der Waals surface area contributed by atoms with Crippen LogP contribution in [0.5, 0.6) is 0 Å². The Bertz CT molecular complexity index is 596. The Kier molecular flexibility index (Phi) is 3.61. The molecule has 1 aliphatic heterocycles. The highest BCUT2D eigenvalue weighted by atomic mass is 79.9. The second kappa shape index (κ2) is 5.38. The Morgan fingerprint density at radius 2 is 2.21 bits per heavy atom. The Morgan fingerprint density at radius 3 is 3.11 bits per heavy atom. The van der Waals surface area contributed by atoms with E-state index >= 15 is 0 Å². The average molecular weight is 325 g/mol. The third-order valence-corrected chi connectivity index (χ3v) is 3.79. The summed E-state index contributed by atoms with van der Waals surface area (Å²) in [4.78, 5) is 0. The van der Waals surface area contributed by atoms with Crippen molar-refractivity contribution in [2.45, 2.75) is 32.5 Å². The molecule has 3 rings (SSSR count). The van der Waals surface area contributed by atoms with Crippen molar-refractivity contribution in [3.8, 4) is 0 Å². The van der Waals surface area contributed by atoms with Gasteiger partial charge in [0.15, 0.2) is 0 Å². The lowest BCUT2D eigenvalue weighted by atomic mass is 10.2. The summed E-state index contributed by atoms with van der Waals surface area (Å²) in [6, 6.07) is 4.96. The highest BCUT2D eigenvalue weighted by molar-refractivity contribution is 9.10. The van der Waals surface area contributed by atoms with Crippen LogP contribution in [0.1, 0.15) is 23.6 Å². The molecule has 0 radical (unpaired) electrons. The van der Waals surface area contributed by atoms with E-state index in [4.69, 9.17) is 0 Å². The summed E-state index contributed by atoms with van der Waals surface area (Å²) in [5.41, 5.74) is 0.649. The van der Waals surface area contributed by atoms with Gasteiger partial charge < -0.3 is 9.88 Å². The van der Waals surface area contributed by atoms with Gasteiger partial charge in [-0.05, 0) is 24.6 Å². The maximum Gasteiger partial charge on any atom is 0.147 e. The number of aromatic nitrogens is 3. The highest BCUT2D eigenvalue weighted by Gasteiger charge is 2.16. The van der Waals surface area contributed by atoms with Gasteiger partial charge >= 0.3 is 0 Å². The monoisotopic (exact) mass is 324 g/mol. The van der Waals surface area contributed by atoms with E-state index in [2.05, 4.69) is 36.0 Å². The molecule has 100 valence electrons. The minimum Gasteiger partial charge on any atom is -0.314 e. The molecular formula is C13H14BrFN4. The fourth-order valence-electron chi connectivity index (χ4n) is 2.33. The highest BCUT2D eigenvalue weighted by Crippen LogP contribution is 2.16. The average Bonchev–Trinajstić information content (AvgIpc) is 2.98. The van der Waals surface area contributed by atoms with E-state index in [9.17, 15) is 4.39 Å². The number of hydrogen-bond acceptors (Lipinski definition) is 3. The van der Waals surface area contributed by atoms with Crippen molar-refractivity contribution in [3.05, 3.63) is 45.7 Å². The van der Waals surface area contributed by atoms with E-state index in [1.165, 1.54) is 6.07 Å². The largest absolute Gasteiger partial charge is 0.314 e. The number of nitrogens with zero attached hydrogens (tertiary/aromatic N) is 3. The van der Waals surface area contributed by atoms with Crippen LogP contribution in [0.2, 0.25) is 0 Å².